The smallest absolute Gasteiger partial charge is 0.354 e. The van der Waals surface area contributed by atoms with Gasteiger partial charge in [-0.2, -0.15) is 0 Å². The highest BCUT2D eigenvalue weighted by molar-refractivity contribution is 5.91. The quantitative estimate of drug-likeness (QED) is 0.740. The molecule has 19 heavy (non-hydrogen) atoms. The van der Waals surface area contributed by atoms with Gasteiger partial charge in [-0.1, -0.05) is 0 Å². The van der Waals surface area contributed by atoms with Gasteiger partial charge in [0.2, 0.25) is 5.91 Å². The molecule has 0 spiro atoms. The van der Waals surface area contributed by atoms with Crippen molar-refractivity contribution in [1.82, 2.24) is 10.3 Å². The van der Waals surface area contributed by atoms with E-state index in [-0.39, 0.29) is 11.6 Å². The maximum absolute atomic E-state index is 11.7. The molecule has 1 atom stereocenters. The Hall–Kier alpha value is -1.95. The van der Waals surface area contributed by atoms with Crippen molar-refractivity contribution in [1.29, 1.82) is 0 Å². The lowest BCUT2D eigenvalue weighted by atomic mass is 10.0. The van der Waals surface area contributed by atoms with Gasteiger partial charge < -0.3 is 15.7 Å². The minimum absolute atomic E-state index is 0.0324. The summed E-state index contributed by atoms with van der Waals surface area (Å²) < 4.78 is 0. The first-order valence-electron chi connectivity index (χ1n) is 6.35. The molecule has 1 aliphatic heterocycles. The first-order valence-corrected chi connectivity index (χ1v) is 6.35. The van der Waals surface area contributed by atoms with Gasteiger partial charge in [-0.25, -0.2) is 9.78 Å². The van der Waals surface area contributed by atoms with Crippen LogP contribution in [0.2, 0.25) is 0 Å². The number of aromatic carboxylic acids is 1. The summed E-state index contributed by atoms with van der Waals surface area (Å²) in [5.41, 5.74) is 0.495. The summed E-state index contributed by atoms with van der Waals surface area (Å²) in [6, 6.07) is 2.92. The number of amides is 1. The average Bonchev–Trinajstić information content (AvgIpc) is 2.90. The van der Waals surface area contributed by atoms with Gasteiger partial charge in [0.1, 0.15) is 5.69 Å². The molecule has 6 heteroatoms. The van der Waals surface area contributed by atoms with Gasteiger partial charge in [-0.3, -0.25) is 4.79 Å². The summed E-state index contributed by atoms with van der Waals surface area (Å²) in [6.45, 7) is 2.02. The van der Waals surface area contributed by atoms with E-state index in [0.29, 0.717) is 18.0 Å². The number of rotatable bonds is 5. The average molecular weight is 263 g/mol. The normalized spacial score (nSPS) is 18.2. The molecule has 1 fully saturated rings. The van der Waals surface area contributed by atoms with E-state index in [1.54, 1.807) is 6.07 Å². The second-order valence-corrected chi connectivity index (χ2v) is 4.68. The third-order valence-corrected chi connectivity index (χ3v) is 3.21. The number of carbonyl (C=O) groups excluding carboxylic acids is 1. The molecular weight excluding hydrogens is 246 g/mol. The first kappa shape index (κ1) is 13.5. The van der Waals surface area contributed by atoms with Crippen LogP contribution in [0.1, 0.15) is 29.8 Å². The van der Waals surface area contributed by atoms with Crippen molar-refractivity contribution in [2.24, 2.45) is 5.92 Å². The first-order chi connectivity index (χ1) is 9.15. The molecule has 2 heterocycles. The molecule has 0 aromatic carbocycles. The Morgan fingerprint density at radius 3 is 2.89 bits per heavy atom. The molecule has 0 bridgehead atoms. The van der Waals surface area contributed by atoms with Crippen LogP contribution in [-0.4, -0.2) is 35.1 Å². The van der Waals surface area contributed by atoms with E-state index in [2.05, 4.69) is 15.6 Å². The molecule has 1 aromatic rings. The van der Waals surface area contributed by atoms with Crippen LogP contribution in [0.4, 0.5) is 5.69 Å². The summed E-state index contributed by atoms with van der Waals surface area (Å²) in [6.07, 6.45) is 3.84. The number of carbonyl (C=O) groups is 2. The van der Waals surface area contributed by atoms with Gasteiger partial charge in [-0.15, -0.1) is 0 Å². The summed E-state index contributed by atoms with van der Waals surface area (Å²) in [7, 11) is 0. The van der Waals surface area contributed by atoms with Gasteiger partial charge in [0.15, 0.2) is 0 Å². The standard InChI is InChI=1S/C13H17N3O3/c17-12(4-1-9-5-6-14-7-9)16-10-2-3-11(13(18)19)15-8-10/h2-3,8-9,14H,1,4-7H2,(H,16,17)(H,18,19). The number of carboxylic acid groups (broad SMARTS) is 1. The SMILES string of the molecule is O=C(CCC1CCNC1)Nc1ccc(C(=O)O)nc1. The minimum Gasteiger partial charge on any atom is -0.477 e. The molecule has 6 nitrogen and oxygen atoms in total. The van der Waals surface area contributed by atoms with E-state index in [1.807, 2.05) is 0 Å². The molecule has 1 aromatic heterocycles. The molecule has 1 amide bonds. The number of pyridine rings is 1. The highest BCUT2D eigenvalue weighted by Gasteiger charge is 2.15. The van der Waals surface area contributed by atoms with Crippen LogP contribution in [0.3, 0.4) is 0 Å². The van der Waals surface area contributed by atoms with Crippen molar-refractivity contribution >= 4 is 17.6 Å². The molecule has 0 aliphatic carbocycles. The van der Waals surface area contributed by atoms with Crippen molar-refractivity contribution in [2.75, 3.05) is 18.4 Å². The van der Waals surface area contributed by atoms with Gasteiger partial charge in [-0.05, 0) is 44.0 Å². The summed E-state index contributed by atoms with van der Waals surface area (Å²) in [5, 5.41) is 14.7. The molecule has 1 aliphatic rings. The van der Waals surface area contributed by atoms with E-state index < -0.39 is 5.97 Å². The molecule has 0 saturated carbocycles. The molecule has 0 radical (unpaired) electrons. The second-order valence-electron chi connectivity index (χ2n) is 4.68. The predicted octanol–water partition coefficient (Wildman–Crippen LogP) is 1.11. The molecule has 1 unspecified atom stereocenters. The monoisotopic (exact) mass is 263 g/mol. The van der Waals surface area contributed by atoms with Crippen molar-refractivity contribution in [3.8, 4) is 0 Å². The Morgan fingerprint density at radius 1 is 1.47 bits per heavy atom. The Balaban J connectivity index is 1.79. The Morgan fingerprint density at radius 2 is 2.32 bits per heavy atom. The van der Waals surface area contributed by atoms with E-state index in [9.17, 15) is 9.59 Å². The third kappa shape index (κ3) is 4.03. The van der Waals surface area contributed by atoms with Gasteiger partial charge >= 0.3 is 5.97 Å². The number of hydrogen-bond acceptors (Lipinski definition) is 4. The van der Waals surface area contributed by atoms with Gasteiger partial charge in [0.25, 0.3) is 0 Å². The zero-order valence-electron chi connectivity index (χ0n) is 10.6. The van der Waals surface area contributed by atoms with E-state index in [0.717, 1.165) is 25.9 Å². The number of anilines is 1. The van der Waals surface area contributed by atoms with E-state index >= 15 is 0 Å². The van der Waals surface area contributed by atoms with Crippen molar-refractivity contribution < 1.29 is 14.7 Å². The maximum Gasteiger partial charge on any atom is 0.354 e. The van der Waals surface area contributed by atoms with Crippen molar-refractivity contribution in [3.63, 3.8) is 0 Å². The van der Waals surface area contributed by atoms with Crippen molar-refractivity contribution in [2.45, 2.75) is 19.3 Å². The number of aromatic nitrogens is 1. The van der Waals surface area contributed by atoms with Gasteiger partial charge in [0, 0.05) is 6.42 Å². The van der Waals surface area contributed by atoms with Crippen LogP contribution in [0.15, 0.2) is 18.3 Å². The van der Waals surface area contributed by atoms with E-state index in [1.165, 1.54) is 12.3 Å². The number of nitrogens with zero attached hydrogens (tertiary/aromatic N) is 1. The number of hydrogen-bond donors (Lipinski definition) is 3. The summed E-state index contributed by atoms with van der Waals surface area (Å²) in [4.78, 5) is 26.1. The lowest BCUT2D eigenvalue weighted by molar-refractivity contribution is -0.116. The second kappa shape index (κ2) is 6.29. The third-order valence-electron chi connectivity index (χ3n) is 3.21. The number of nitrogens with one attached hydrogen (secondary N) is 2. The lowest BCUT2D eigenvalue weighted by Gasteiger charge is -2.08. The molecular formula is C13H17N3O3. The predicted molar refractivity (Wildman–Crippen MR) is 70.0 cm³/mol. The molecule has 2 rings (SSSR count). The highest BCUT2D eigenvalue weighted by atomic mass is 16.4. The Bertz CT molecular complexity index is 453. The van der Waals surface area contributed by atoms with Gasteiger partial charge in [0.05, 0.1) is 11.9 Å². The van der Waals surface area contributed by atoms with Crippen LogP contribution in [-0.2, 0) is 4.79 Å². The van der Waals surface area contributed by atoms with Crippen LogP contribution >= 0.6 is 0 Å². The van der Waals surface area contributed by atoms with Crippen LogP contribution in [0.5, 0.6) is 0 Å². The molecule has 3 N–H and O–H groups in total. The maximum atomic E-state index is 11.7. The van der Waals surface area contributed by atoms with Crippen LogP contribution in [0, 0.1) is 5.92 Å². The number of carboxylic acids is 1. The largest absolute Gasteiger partial charge is 0.477 e. The lowest BCUT2D eigenvalue weighted by Crippen LogP contribution is -2.15. The van der Waals surface area contributed by atoms with Crippen LogP contribution in [0.25, 0.3) is 0 Å². The highest BCUT2D eigenvalue weighted by Crippen LogP contribution is 2.15. The minimum atomic E-state index is -1.08. The molecule has 102 valence electrons. The zero-order valence-corrected chi connectivity index (χ0v) is 10.6. The fourth-order valence-corrected chi connectivity index (χ4v) is 2.11. The summed E-state index contributed by atoms with van der Waals surface area (Å²) >= 11 is 0. The zero-order chi connectivity index (χ0) is 13.7. The van der Waals surface area contributed by atoms with E-state index in [4.69, 9.17) is 5.11 Å². The fraction of sp³-hybridized carbons (Fsp3) is 0.462. The molecule has 1 saturated heterocycles. The summed E-state index contributed by atoms with van der Waals surface area (Å²) in [5.74, 6) is -0.554. The fourth-order valence-electron chi connectivity index (χ4n) is 2.11. The Kier molecular flexibility index (Phi) is 4.46. The Labute approximate surface area is 111 Å². The topological polar surface area (TPSA) is 91.3 Å². The van der Waals surface area contributed by atoms with Crippen molar-refractivity contribution in [3.05, 3.63) is 24.0 Å². The van der Waals surface area contributed by atoms with Crippen LogP contribution < -0.4 is 10.6 Å².